The second-order valence-corrected chi connectivity index (χ2v) is 5.15. The monoisotopic (exact) mass is 262 g/mol. The Morgan fingerprint density at radius 3 is 2.94 bits per heavy atom. The zero-order valence-electron chi connectivity index (χ0n) is 10.5. The summed E-state index contributed by atoms with van der Waals surface area (Å²) in [5.74, 6) is 0.715. The summed E-state index contributed by atoms with van der Waals surface area (Å²) in [7, 11) is 0. The Kier molecular flexibility index (Phi) is 3.53. The topological polar surface area (TPSA) is 35.0 Å². The number of nitrogens with zero attached hydrogens (tertiary/aromatic N) is 2. The highest BCUT2D eigenvalue weighted by Crippen LogP contribution is 2.26. The maximum absolute atomic E-state index is 5.81. The summed E-state index contributed by atoms with van der Waals surface area (Å²) in [6.45, 7) is 8.46. The molecule has 0 bridgehead atoms. The zero-order chi connectivity index (χ0) is 13.2. The predicted molar refractivity (Wildman–Crippen MR) is 74.0 cm³/mol. The highest BCUT2D eigenvalue weighted by molar-refractivity contribution is 6.28. The number of hydrogen-bond acceptors (Lipinski definition) is 3. The summed E-state index contributed by atoms with van der Waals surface area (Å²) in [5.41, 5.74) is 0.649. The van der Waals surface area contributed by atoms with Gasteiger partial charge in [0.25, 0.3) is 0 Å². The van der Waals surface area contributed by atoms with Crippen molar-refractivity contribution in [2.75, 3.05) is 6.61 Å². The first-order valence-electron chi connectivity index (χ1n) is 5.69. The Labute approximate surface area is 111 Å². The fraction of sp³-hybridized carbons (Fsp3) is 0.286. The van der Waals surface area contributed by atoms with Gasteiger partial charge in [0.1, 0.15) is 11.3 Å². The number of para-hydroxylation sites is 1. The zero-order valence-corrected chi connectivity index (χ0v) is 11.2. The van der Waals surface area contributed by atoms with E-state index < -0.39 is 0 Å². The molecule has 0 saturated carbocycles. The lowest BCUT2D eigenvalue weighted by Crippen LogP contribution is -2.18. The van der Waals surface area contributed by atoms with Gasteiger partial charge in [-0.05, 0) is 17.7 Å². The van der Waals surface area contributed by atoms with Crippen molar-refractivity contribution < 1.29 is 4.74 Å². The van der Waals surface area contributed by atoms with E-state index in [1.165, 1.54) is 0 Å². The minimum Gasteiger partial charge on any atom is -0.490 e. The molecule has 0 aliphatic rings. The maximum atomic E-state index is 5.81. The Hall–Kier alpha value is -1.61. The standard InChI is InChI=1S/C14H15ClN2O/c1-4-14(2,3)9-18-11-7-5-6-10-8-16-13(15)17-12(10)11/h4-8H,1,9H2,2-3H3. The van der Waals surface area contributed by atoms with Crippen LogP contribution >= 0.6 is 11.6 Å². The lowest BCUT2D eigenvalue weighted by molar-refractivity contribution is 0.224. The number of ether oxygens (including phenoxy) is 1. The quantitative estimate of drug-likeness (QED) is 0.620. The third kappa shape index (κ3) is 2.79. The lowest BCUT2D eigenvalue weighted by atomic mass is 9.95. The van der Waals surface area contributed by atoms with Gasteiger partial charge in [-0.3, -0.25) is 0 Å². The van der Waals surface area contributed by atoms with E-state index in [1.54, 1.807) is 6.20 Å². The van der Waals surface area contributed by atoms with E-state index in [-0.39, 0.29) is 10.7 Å². The van der Waals surface area contributed by atoms with E-state index in [0.717, 1.165) is 10.9 Å². The normalized spacial score (nSPS) is 11.5. The number of fused-ring (bicyclic) bond motifs is 1. The van der Waals surface area contributed by atoms with Crippen molar-refractivity contribution in [1.82, 2.24) is 9.97 Å². The molecule has 0 fully saturated rings. The van der Waals surface area contributed by atoms with E-state index in [4.69, 9.17) is 16.3 Å². The molecule has 0 aliphatic heterocycles. The second-order valence-electron chi connectivity index (χ2n) is 4.81. The Morgan fingerprint density at radius 1 is 1.44 bits per heavy atom. The molecule has 1 aromatic heterocycles. The van der Waals surface area contributed by atoms with E-state index in [0.29, 0.717) is 12.4 Å². The molecular weight excluding hydrogens is 248 g/mol. The van der Waals surface area contributed by atoms with Crippen LogP contribution in [0.4, 0.5) is 0 Å². The fourth-order valence-electron chi connectivity index (χ4n) is 1.45. The highest BCUT2D eigenvalue weighted by Gasteiger charge is 2.15. The van der Waals surface area contributed by atoms with Gasteiger partial charge in [-0.15, -0.1) is 6.58 Å². The summed E-state index contributed by atoms with van der Waals surface area (Å²) in [6.07, 6.45) is 3.57. The Morgan fingerprint density at radius 2 is 2.22 bits per heavy atom. The van der Waals surface area contributed by atoms with Gasteiger partial charge in [0.05, 0.1) is 6.61 Å². The molecule has 0 atom stereocenters. The first-order chi connectivity index (χ1) is 8.52. The molecule has 0 spiro atoms. The lowest BCUT2D eigenvalue weighted by Gasteiger charge is -2.20. The van der Waals surface area contributed by atoms with Crippen LogP contribution in [-0.2, 0) is 0 Å². The SMILES string of the molecule is C=CC(C)(C)COc1cccc2cnc(Cl)nc12. The molecule has 3 nitrogen and oxygen atoms in total. The van der Waals surface area contributed by atoms with Crippen molar-refractivity contribution >= 4 is 22.5 Å². The van der Waals surface area contributed by atoms with Gasteiger partial charge in [0.2, 0.25) is 5.28 Å². The molecule has 2 aromatic rings. The molecule has 0 unspecified atom stereocenters. The van der Waals surface area contributed by atoms with Gasteiger partial charge in [0.15, 0.2) is 0 Å². The third-order valence-electron chi connectivity index (χ3n) is 2.70. The average molecular weight is 263 g/mol. The molecule has 0 N–H and O–H groups in total. The minimum atomic E-state index is -0.0843. The van der Waals surface area contributed by atoms with E-state index >= 15 is 0 Å². The molecule has 0 aliphatic carbocycles. The predicted octanol–water partition coefficient (Wildman–Crippen LogP) is 3.87. The number of aromatic nitrogens is 2. The van der Waals surface area contributed by atoms with Crippen LogP contribution in [0.1, 0.15) is 13.8 Å². The van der Waals surface area contributed by atoms with Crippen LogP contribution in [0, 0.1) is 5.41 Å². The number of benzene rings is 1. The first-order valence-corrected chi connectivity index (χ1v) is 6.07. The van der Waals surface area contributed by atoms with Gasteiger partial charge < -0.3 is 4.74 Å². The van der Waals surface area contributed by atoms with Crippen LogP contribution in [0.15, 0.2) is 37.1 Å². The number of rotatable bonds is 4. The summed E-state index contributed by atoms with van der Waals surface area (Å²) in [5, 5.41) is 1.13. The second kappa shape index (κ2) is 4.94. The molecule has 1 aromatic carbocycles. The Balaban J connectivity index is 2.33. The van der Waals surface area contributed by atoms with Crippen LogP contribution in [0.5, 0.6) is 5.75 Å². The average Bonchev–Trinajstić information content (AvgIpc) is 2.36. The largest absolute Gasteiger partial charge is 0.490 e. The smallest absolute Gasteiger partial charge is 0.223 e. The summed E-state index contributed by atoms with van der Waals surface area (Å²) >= 11 is 5.81. The van der Waals surface area contributed by atoms with Crippen LogP contribution in [-0.4, -0.2) is 16.6 Å². The van der Waals surface area contributed by atoms with Crippen LogP contribution in [0.2, 0.25) is 5.28 Å². The van der Waals surface area contributed by atoms with Crippen LogP contribution in [0.3, 0.4) is 0 Å². The molecule has 4 heteroatoms. The molecule has 18 heavy (non-hydrogen) atoms. The molecule has 0 radical (unpaired) electrons. The van der Waals surface area contributed by atoms with E-state index in [1.807, 2.05) is 24.3 Å². The Bertz CT molecular complexity index is 581. The van der Waals surface area contributed by atoms with Gasteiger partial charge in [-0.2, -0.15) is 0 Å². The maximum Gasteiger partial charge on any atom is 0.223 e. The molecule has 0 amide bonds. The number of hydrogen-bond donors (Lipinski definition) is 0. The third-order valence-corrected chi connectivity index (χ3v) is 2.88. The molecule has 2 rings (SSSR count). The molecule has 94 valence electrons. The van der Waals surface area contributed by atoms with Crippen molar-refractivity contribution in [3.05, 3.63) is 42.3 Å². The van der Waals surface area contributed by atoms with E-state index in [2.05, 4.69) is 30.4 Å². The summed E-state index contributed by atoms with van der Waals surface area (Å²) in [6, 6.07) is 5.72. The van der Waals surface area contributed by atoms with Gasteiger partial charge in [-0.25, -0.2) is 9.97 Å². The van der Waals surface area contributed by atoms with Crippen LogP contribution in [0.25, 0.3) is 10.9 Å². The van der Waals surface area contributed by atoms with Crippen molar-refractivity contribution in [1.29, 1.82) is 0 Å². The van der Waals surface area contributed by atoms with Crippen molar-refractivity contribution in [3.8, 4) is 5.75 Å². The summed E-state index contributed by atoms with van der Waals surface area (Å²) < 4.78 is 5.81. The van der Waals surface area contributed by atoms with Gasteiger partial charge in [0, 0.05) is 17.0 Å². The van der Waals surface area contributed by atoms with Gasteiger partial charge in [-0.1, -0.05) is 32.1 Å². The highest BCUT2D eigenvalue weighted by atomic mass is 35.5. The molecule has 1 heterocycles. The molecule has 0 saturated heterocycles. The van der Waals surface area contributed by atoms with Crippen molar-refractivity contribution in [2.24, 2.45) is 5.41 Å². The fourth-order valence-corrected chi connectivity index (χ4v) is 1.58. The van der Waals surface area contributed by atoms with Crippen molar-refractivity contribution in [3.63, 3.8) is 0 Å². The minimum absolute atomic E-state index is 0.0843. The van der Waals surface area contributed by atoms with Crippen LogP contribution < -0.4 is 4.74 Å². The summed E-state index contributed by atoms with van der Waals surface area (Å²) in [4.78, 5) is 8.16. The molecular formula is C14H15ClN2O. The van der Waals surface area contributed by atoms with E-state index in [9.17, 15) is 0 Å². The number of halogens is 1. The van der Waals surface area contributed by atoms with Gasteiger partial charge >= 0.3 is 0 Å². The first kappa shape index (κ1) is 12.8. The van der Waals surface area contributed by atoms with Crippen molar-refractivity contribution in [2.45, 2.75) is 13.8 Å².